The zero-order valence-electron chi connectivity index (χ0n) is 12.1. The molecule has 3 rings (SSSR count). The summed E-state index contributed by atoms with van der Waals surface area (Å²) in [5.41, 5.74) is 1.05. The van der Waals surface area contributed by atoms with Gasteiger partial charge in [0.1, 0.15) is 5.69 Å². The third-order valence-electron chi connectivity index (χ3n) is 3.24. The number of thiocarbonyl (C=S) groups is 1. The molecule has 0 aliphatic carbocycles. The van der Waals surface area contributed by atoms with Crippen molar-refractivity contribution in [2.75, 3.05) is 5.32 Å². The van der Waals surface area contributed by atoms with Crippen LogP contribution in [0.4, 0.5) is 17.1 Å². The van der Waals surface area contributed by atoms with Crippen LogP contribution in [0.1, 0.15) is 0 Å². The fourth-order valence-corrected chi connectivity index (χ4v) is 2.34. The first kappa shape index (κ1) is 15.6. The lowest BCUT2D eigenvalue weighted by Crippen LogP contribution is -2.07. The van der Waals surface area contributed by atoms with E-state index < -0.39 is 4.92 Å². The number of aromatic nitrogens is 1. The maximum absolute atomic E-state index is 11.0. The Morgan fingerprint density at radius 1 is 1.21 bits per heavy atom. The predicted octanol–water partition coefficient (Wildman–Crippen LogP) is 4.26. The molecule has 0 saturated heterocycles. The number of para-hydroxylation sites is 3. The largest absolute Gasteiger partial charge is 0.493 e. The Hall–Kier alpha value is -3.33. The van der Waals surface area contributed by atoms with Gasteiger partial charge in [0.25, 0.3) is 5.69 Å². The van der Waals surface area contributed by atoms with Gasteiger partial charge in [-0.25, -0.2) is 0 Å². The normalized spacial score (nSPS) is 11.0. The molecule has 3 N–H and O–H groups in total. The van der Waals surface area contributed by atoms with Gasteiger partial charge < -0.3 is 15.4 Å². The second kappa shape index (κ2) is 6.42. The van der Waals surface area contributed by atoms with Crippen LogP contribution < -0.4 is 5.32 Å². The summed E-state index contributed by atoms with van der Waals surface area (Å²) in [4.78, 5) is 13.2. The summed E-state index contributed by atoms with van der Waals surface area (Å²) in [5.74, 6) is -0.131. The summed E-state index contributed by atoms with van der Waals surface area (Å²) in [7, 11) is 0. The highest BCUT2D eigenvalue weighted by molar-refractivity contribution is 7.80. The summed E-state index contributed by atoms with van der Waals surface area (Å²) in [5, 5.41) is 31.9. The number of hydrogen-bond acceptors (Lipinski definition) is 5. The number of nitro benzene ring substituents is 1. The minimum absolute atomic E-state index is 0.0611. The van der Waals surface area contributed by atoms with Crippen LogP contribution in [0.25, 0.3) is 10.9 Å². The van der Waals surface area contributed by atoms with Crippen molar-refractivity contribution in [3.8, 4) is 5.88 Å². The SMILES string of the molecule is O=[N+]([O-])c1ccccc1NC(=S)N=Nc1c(O)[nH]c2ccccc12. The monoisotopic (exact) mass is 341 g/mol. The molecule has 0 amide bonds. The molecule has 8 nitrogen and oxygen atoms in total. The minimum Gasteiger partial charge on any atom is -0.493 e. The molecule has 1 heterocycles. The third-order valence-corrected chi connectivity index (χ3v) is 3.43. The van der Waals surface area contributed by atoms with Crippen LogP contribution in [0, 0.1) is 10.1 Å². The molecule has 0 fully saturated rings. The molecule has 0 bridgehead atoms. The molecule has 24 heavy (non-hydrogen) atoms. The molecule has 0 aliphatic heterocycles. The molecule has 2 aromatic carbocycles. The first-order chi connectivity index (χ1) is 11.6. The molecule has 0 spiro atoms. The van der Waals surface area contributed by atoms with Crippen LogP contribution in [0.15, 0.2) is 58.8 Å². The van der Waals surface area contributed by atoms with Gasteiger partial charge in [0.05, 0.1) is 10.4 Å². The average molecular weight is 341 g/mol. The van der Waals surface area contributed by atoms with Crippen molar-refractivity contribution in [1.29, 1.82) is 0 Å². The Labute approximate surface area is 141 Å². The van der Waals surface area contributed by atoms with E-state index in [9.17, 15) is 15.2 Å². The standard InChI is InChI=1S/C15H11N5O3S/c21-14-13(9-5-1-2-6-10(9)16-14)18-19-15(24)17-11-7-3-4-8-12(11)20(22)23/h1-8,16,21H,(H,17,24). The number of hydrogen-bond donors (Lipinski definition) is 3. The van der Waals surface area contributed by atoms with E-state index in [4.69, 9.17) is 12.2 Å². The molecule has 120 valence electrons. The van der Waals surface area contributed by atoms with Gasteiger partial charge in [-0.2, -0.15) is 0 Å². The van der Waals surface area contributed by atoms with Crippen molar-refractivity contribution in [3.05, 3.63) is 58.6 Å². The molecule has 9 heteroatoms. The zero-order chi connectivity index (χ0) is 17.1. The van der Waals surface area contributed by atoms with E-state index in [0.29, 0.717) is 10.9 Å². The Morgan fingerprint density at radius 3 is 2.71 bits per heavy atom. The van der Waals surface area contributed by atoms with Gasteiger partial charge in [0, 0.05) is 11.5 Å². The van der Waals surface area contributed by atoms with E-state index in [-0.39, 0.29) is 28.1 Å². The molecular formula is C15H11N5O3S. The number of benzene rings is 2. The van der Waals surface area contributed by atoms with Crippen molar-refractivity contribution >= 4 is 45.3 Å². The van der Waals surface area contributed by atoms with E-state index in [0.717, 1.165) is 0 Å². The quantitative estimate of drug-likeness (QED) is 0.285. The summed E-state index contributed by atoms with van der Waals surface area (Å²) in [6.45, 7) is 0. The van der Waals surface area contributed by atoms with E-state index in [1.165, 1.54) is 12.1 Å². The Bertz CT molecular complexity index is 967. The molecule has 0 radical (unpaired) electrons. The van der Waals surface area contributed by atoms with Gasteiger partial charge in [-0.1, -0.05) is 30.3 Å². The van der Waals surface area contributed by atoms with Crippen molar-refractivity contribution < 1.29 is 10.0 Å². The van der Waals surface area contributed by atoms with Gasteiger partial charge in [0.2, 0.25) is 11.0 Å². The van der Waals surface area contributed by atoms with Gasteiger partial charge in [-0.05, 0) is 24.4 Å². The summed E-state index contributed by atoms with van der Waals surface area (Å²) in [6.07, 6.45) is 0. The Morgan fingerprint density at radius 2 is 1.92 bits per heavy atom. The second-order valence-corrected chi connectivity index (χ2v) is 5.16. The number of aromatic amines is 1. The number of fused-ring (bicyclic) bond motifs is 1. The maximum atomic E-state index is 11.0. The highest BCUT2D eigenvalue weighted by Crippen LogP contribution is 2.35. The lowest BCUT2D eigenvalue weighted by atomic mass is 10.2. The average Bonchev–Trinajstić information content (AvgIpc) is 2.88. The number of aromatic hydroxyl groups is 1. The van der Waals surface area contributed by atoms with Gasteiger partial charge in [-0.3, -0.25) is 10.1 Å². The highest BCUT2D eigenvalue weighted by atomic mass is 32.1. The Kier molecular flexibility index (Phi) is 4.17. The second-order valence-electron chi connectivity index (χ2n) is 4.77. The van der Waals surface area contributed by atoms with Crippen LogP contribution in [-0.4, -0.2) is 20.1 Å². The van der Waals surface area contributed by atoms with Crippen molar-refractivity contribution in [2.45, 2.75) is 0 Å². The number of nitrogens with one attached hydrogen (secondary N) is 2. The summed E-state index contributed by atoms with van der Waals surface area (Å²) >= 11 is 5.04. The highest BCUT2D eigenvalue weighted by Gasteiger charge is 2.13. The van der Waals surface area contributed by atoms with Crippen LogP contribution >= 0.6 is 12.2 Å². The maximum Gasteiger partial charge on any atom is 0.292 e. The van der Waals surface area contributed by atoms with E-state index >= 15 is 0 Å². The fraction of sp³-hybridized carbons (Fsp3) is 0. The summed E-state index contributed by atoms with van der Waals surface area (Å²) < 4.78 is 0. The molecule has 3 aromatic rings. The first-order valence-electron chi connectivity index (χ1n) is 6.82. The molecule has 0 atom stereocenters. The smallest absolute Gasteiger partial charge is 0.292 e. The number of H-pyrrole nitrogens is 1. The molecular weight excluding hydrogens is 330 g/mol. The first-order valence-corrected chi connectivity index (χ1v) is 7.23. The predicted molar refractivity (Wildman–Crippen MR) is 93.8 cm³/mol. The third kappa shape index (κ3) is 3.06. The van der Waals surface area contributed by atoms with E-state index in [1.54, 1.807) is 30.3 Å². The van der Waals surface area contributed by atoms with Crippen LogP contribution in [0.5, 0.6) is 5.88 Å². The van der Waals surface area contributed by atoms with Crippen molar-refractivity contribution in [2.24, 2.45) is 10.2 Å². The molecule has 0 aliphatic rings. The zero-order valence-corrected chi connectivity index (χ0v) is 12.9. The van der Waals surface area contributed by atoms with E-state index in [2.05, 4.69) is 20.5 Å². The number of azo groups is 1. The Balaban J connectivity index is 1.83. The van der Waals surface area contributed by atoms with E-state index in [1.807, 2.05) is 6.07 Å². The number of nitro groups is 1. The van der Waals surface area contributed by atoms with Gasteiger partial charge in [0.15, 0.2) is 5.69 Å². The number of anilines is 1. The minimum atomic E-state index is -0.520. The van der Waals surface area contributed by atoms with Gasteiger partial charge in [-0.15, -0.1) is 10.2 Å². The summed E-state index contributed by atoms with van der Waals surface area (Å²) in [6, 6.07) is 13.3. The van der Waals surface area contributed by atoms with Crippen molar-refractivity contribution in [3.63, 3.8) is 0 Å². The van der Waals surface area contributed by atoms with Crippen LogP contribution in [0.3, 0.4) is 0 Å². The molecule has 1 aromatic heterocycles. The number of rotatable bonds is 3. The topological polar surface area (TPSA) is 116 Å². The van der Waals surface area contributed by atoms with Crippen LogP contribution in [0.2, 0.25) is 0 Å². The fourth-order valence-electron chi connectivity index (χ4n) is 2.19. The molecule has 0 unspecified atom stereocenters. The van der Waals surface area contributed by atoms with Crippen molar-refractivity contribution in [1.82, 2.24) is 4.98 Å². The number of nitrogens with zero attached hydrogens (tertiary/aromatic N) is 3. The molecule has 0 saturated carbocycles. The van der Waals surface area contributed by atoms with Crippen LogP contribution in [-0.2, 0) is 0 Å². The van der Waals surface area contributed by atoms with Gasteiger partial charge >= 0.3 is 0 Å². The lowest BCUT2D eigenvalue weighted by Gasteiger charge is -2.03. The lowest BCUT2D eigenvalue weighted by molar-refractivity contribution is -0.383.